The number of rotatable bonds is 8. The predicted molar refractivity (Wildman–Crippen MR) is 122 cm³/mol. The lowest BCUT2D eigenvalue weighted by atomic mass is 10.1. The number of nitrogens with one attached hydrogen (secondary N) is 1. The summed E-state index contributed by atoms with van der Waals surface area (Å²) in [6, 6.07) is 15.6. The van der Waals surface area contributed by atoms with Crippen LogP contribution < -0.4 is 15.6 Å². The highest BCUT2D eigenvalue weighted by atomic mass is 16.5. The van der Waals surface area contributed by atoms with Crippen LogP contribution in [0, 0.1) is 13.8 Å². The molecule has 0 aliphatic heterocycles. The van der Waals surface area contributed by atoms with E-state index in [1.165, 1.54) is 6.20 Å². The van der Waals surface area contributed by atoms with Crippen LogP contribution in [0.5, 0.6) is 5.75 Å². The van der Waals surface area contributed by atoms with Crippen LogP contribution in [0.15, 0.2) is 65.8 Å². The van der Waals surface area contributed by atoms with Crippen molar-refractivity contribution in [2.45, 2.75) is 26.9 Å². The monoisotopic (exact) mass is 431 g/mol. The van der Waals surface area contributed by atoms with E-state index < -0.39 is 0 Å². The van der Waals surface area contributed by atoms with Crippen LogP contribution in [0.2, 0.25) is 0 Å². The zero-order chi connectivity index (χ0) is 22.5. The maximum Gasteiger partial charge on any atom is 0.264 e. The number of ether oxygens (including phenoxy) is 1. The number of aromatic nitrogens is 4. The number of hydrogen-bond acceptors (Lipinski definition) is 5. The van der Waals surface area contributed by atoms with E-state index in [-0.39, 0.29) is 18.1 Å². The van der Waals surface area contributed by atoms with Gasteiger partial charge in [-0.05, 0) is 37.1 Å². The third-order valence-electron chi connectivity index (χ3n) is 5.06. The lowest BCUT2D eigenvalue weighted by Gasteiger charge is -2.09. The molecule has 1 amide bonds. The highest BCUT2D eigenvalue weighted by Crippen LogP contribution is 2.12. The standard InChI is InChI=1S/C24H25N5O3/c1-17-5-3-7-19(11-17)14-28-16-26-23-21(24(28)31)13-27-29(23)10-9-25-22(30)15-32-20-8-4-6-18(2)12-20/h3-8,11-13,16H,9-10,14-15H2,1-2H3,(H,25,30). The van der Waals surface area contributed by atoms with Crippen LogP contribution in [0.4, 0.5) is 0 Å². The average molecular weight is 431 g/mol. The Morgan fingerprint density at radius 3 is 2.66 bits per heavy atom. The third-order valence-corrected chi connectivity index (χ3v) is 5.06. The Morgan fingerprint density at radius 1 is 1.09 bits per heavy atom. The van der Waals surface area contributed by atoms with Gasteiger partial charge in [0.1, 0.15) is 17.5 Å². The van der Waals surface area contributed by atoms with Gasteiger partial charge in [0.05, 0.1) is 19.3 Å². The summed E-state index contributed by atoms with van der Waals surface area (Å²) in [4.78, 5) is 29.3. The van der Waals surface area contributed by atoms with Gasteiger partial charge in [0.25, 0.3) is 11.5 Å². The molecule has 0 spiro atoms. The number of aryl methyl sites for hydroxylation is 2. The molecule has 0 unspecified atom stereocenters. The number of benzene rings is 2. The molecular formula is C24H25N5O3. The maximum atomic E-state index is 12.8. The van der Waals surface area contributed by atoms with Gasteiger partial charge in [-0.15, -0.1) is 0 Å². The van der Waals surface area contributed by atoms with Gasteiger partial charge >= 0.3 is 0 Å². The Hall–Kier alpha value is -3.94. The summed E-state index contributed by atoms with van der Waals surface area (Å²) >= 11 is 0. The SMILES string of the molecule is Cc1cccc(Cn2cnc3c(cnn3CCNC(=O)COc3cccc(C)c3)c2=O)c1. The smallest absolute Gasteiger partial charge is 0.264 e. The van der Waals surface area contributed by atoms with Crippen molar-refractivity contribution in [3.8, 4) is 5.75 Å². The van der Waals surface area contributed by atoms with E-state index in [1.807, 2.05) is 62.4 Å². The summed E-state index contributed by atoms with van der Waals surface area (Å²) in [5.74, 6) is 0.431. The van der Waals surface area contributed by atoms with Gasteiger partial charge in [0.15, 0.2) is 12.3 Å². The van der Waals surface area contributed by atoms with E-state index in [9.17, 15) is 9.59 Å². The van der Waals surface area contributed by atoms with Crippen molar-refractivity contribution in [3.05, 3.63) is 88.1 Å². The molecule has 4 rings (SSSR count). The van der Waals surface area contributed by atoms with Gasteiger partial charge in [-0.2, -0.15) is 5.10 Å². The zero-order valence-electron chi connectivity index (χ0n) is 18.1. The Balaban J connectivity index is 1.35. The van der Waals surface area contributed by atoms with Crippen LogP contribution in [-0.4, -0.2) is 38.4 Å². The lowest BCUT2D eigenvalue weighted by molar-refractivity contribution is -0.123. The van der Waals surface area contributed by atoms with E-state index in [2.05, 4.69) is 15.4 Å². The molecule has 0 saturated carbocycles. The topological polar surface area (TPSA) is 91.0 Å². The third kappa shape index (κ3) is 5.03. The molecule has 0 atom stereocenters. The van der Waals surface area contributed by atoms with Crippen LogP contribution in [0.25, 0.3) is 11.0 Å². The molecule has 1 N–H and O–H groups in total. The summed E-state index contributed by atoms with van der Waals surface area (Å²) < 4.78 is 8.70. The van der Waals surface area contributed by atoms with Gasteiger partial charge in [-0.3, -0.25) is 14.2 Å². The lowest BCUT2D eigenvalue weighted by Crippen LogP contribution is -2.31. The summed E-state index contributed by atoms with van der Waals surface area (Å²) in [6.45, 7) is 5.11. The molecule has 0 bridgehead atoms. The number of carbonyl (C=O) groups excluding carboxylic acids is 1. The second kappa shape index (κ2) is 9.47. The molecule has 8 heteroatoms. The van der Waals surface area contributed by atoms with E-state index in [1.54, 1.807) is 15.6 Å². The Bertz CT molecular complexity index is 1310. The number of carbonyl (C=O) groups is 1. The van der Waals surface area contributed by atoms with Crippen LogP contribution in [0.3, 0.4) is 0 Å². The van der Waals surface area contributed by atoms with Crippen molar-refractivity contribution in [1.82, 2.24) is 24.6 Å². The molecule has 8 nitrogen and oxygen atoms in total. The first kappa shape index (κ1) is 21.3. The first-order valence-electron chi connectivity index (χ1n) is 10.4. The second-order valence-corrected chi connectivity index (χ2v) is 7.73. The first-order valence-corrected chi connectivity index (χ1v) is 10.4. The fourth-order valence-corrected chi connectivity index (χ4v) is 3.49. The fraction of sp³-hybridized carbons (Fsp3) is 0.250. The fourth-order valence-electron chi connectivity index (χ4n) is 3.49. The van der Waals surface area contributed by atoms with Gasteiger partial charge in [0.2, 0.25) is 0 Å². The number of hydrogen-bond donors (Lipinski definition) is 1. The Morgan fingerprint density at radius 2 is 1.88 bits per heavy atom. The van der Waals surface area contributed by atoms with Gasteiger partial charge in [-0.1, -0.05) is 42.0 Å². The Labute approximate surface area is 185 Å². The van der Waals surface area contributed by atoms with Crippen molar-refractivity contribution >= 4 is 16.9 Å². The molecule has 0 aliphatic rings. The number of fused-ring (bicyclic) bond motifs is 1. The summed E-state index contributed by atoms with van der Waals surface area (Å²) in [6.07, 6.45) is 3.07. The molecule has 2 aromatic carbocycles. The minimum atomic E-state index is -0.226. The molecule has 164 valence electrons. The summed E-state index contributed by atoms with van der Waals surface area (Å²) in [5.41, 5.74) is 3.61. The van der Waals surface area contributed by atoms with Crippen molar-refractivity contribution in [2.24, 2.45) is 0 Å². The van der Waals surface area contributed by atoms with E-state index in [0.29, 0.717) is 36.4 Å². The minimum absolute atomic E-state index is 0.0643. The van der Waals surface area contributed by atoms with Crippen molar-refractivity contribution in [3.63, 3.8) is 0 Å². The van der Waals surface area contributed by atoms with Crippen LogP contribution >= 0.6 is 0 Å². The predicted octanol–water partition coefficient (Wildman–Crippen LogP) is 2.45. The zero-order valence-corrected chi connectivity index (χ0v) is 18.1. The second-order valence-electron chi connectivity index (χ2n) is 7.73. The average Bonchev–Trinajstić information content (AvgIpc) is 3.18. The van der Waals surface area contributed by atoms with Gasteiger partial charge < -0.3 is 10.1 Å². The highest BCUT2D eigenvalue weighted by Gasteiger charge is 2.11. The molecular weight excluding hydrogens is 406 g/mol. The van der Waals surface area contributed by atoms with E-state index in [4.69, 9.17) is 4.74 Å². The van der Waals surface area contributed by atoms with Crippen molar-refractivity contribution in [1.29, 1.82) is 0 Å². The summed E-state index contributed by atoms with van der Waals surface area (Å²) in [5, 5.41) is 7.53. The normalized spacial score (nSPS) is 10.9. The molecule has 4 aromatic rings. The molecule has 0 saturated heterocycles. The maximum absolute atomic E-state index is 12.8. The van der Waals surface area contributed by atoms with E-state index in [0.717, 1.165) is 16.7 Å². The molecule has 0 radical (unpaired) electrons. The van der Waals surface area contributed by atoms with E-state index >= 15 is 0 Å². The molecule has 2 heterocycles. The largest absolute Gasteiger partial charge is 0.484 e. The first-order chi connectivity index (χ1) is 15.5. The number of nitrogens with zero attached hydrogens (tertiary/aromatic N) is 4. The van der Waals surface area contributed by atoms with Crippen LogP contribution in [0.1, 0.15) is 16.7 Å². The van der Waals surface area contributed by atoms with Crippen molar-refractivity contribution < 1.29 is 9.53 Å². The van der Waals surface area contributed by atoms with Gasteiger partial charge in [0, 0.05) is 6.54 Å². The molecule has 0 fully saturated rings. The van der Waals surface area contributed by atoms with Gasteiger partial charge in [-0.25, -0.2) is 9.67 Å². The molecule has 32 heavy (non-hydrogen) atoms. The highest BCUT2D eigenvalue weighted by molar-refractivity contribution is 5.77. The Kier molecular flexibility index (Phi) is 6.30. The van der Waals surface area contributed by atoms with Crippen LogP contribution in [-0.2, 0) is 17.9 Å². The van der Waals surface area contributed by atoms with Crippen molar-refractivity contribution in [2.75, 3.05) is 13.2 Å². The molecule has 2 aromatic heterocycles. The quantitative estimate of drug-likeness (QED) is 0.463. The summed E-state index contributed by atoms with van der Waals surface area (Å²) in [7, 11) is 0. The number of amides is 1. The molecule has 0 aliphatic carbocycles. The minimum Gasteiger partial charge on any atom is -0.484 e.